The maximum atomic E-state index is 13.9. The van der Waals surface area contributed by atoms with Gasteiger partial charge in [-0.15, -0.1) is 0 Å². The zero-order chi connectivity index (χ0) is 16.6. The van der Waals surface area contributed by atoms with Gasteiger partial charge in [-0.3, -0.25) is 4.98 Å². The summed E-state index contributed by atoms with van der Waals surface area (Å²) in [4.78, 5) is 11.7. The first-order valence-electron chi connectivity index (χ1n) is 6.74. The molecular formula is C15H13ClFN4OP. The summed E-state index contributed by atoms with van der Waals surface area (Å²) in [5, 5.41) is 4.15. The van der Waals surface area contributed by atoms with Crippen molar-refractivity contribution in [3.63, 3.8) is 0 Å². The van der Waals surface area contributed by atoms with E-state index in [9.17, 15) is 8.96 Å². The molecule has 0 unspecified atom stereocenters. The third kappa shape index (κ3) is 3.19. The molecule has 0 aliphatic heterocycles. The molecular weight excluding hydrogens is 338 g/mol. The Bertz CT molecular complexity index is 944. The fourth-order valence-corrected chi connectivity index (χ4v) is 3.99. The Kier molecular flexibility index (Phi) is 4.04. The summed E-state index contributed by atoms with van der Waals surface area (Å²) >= 11 is 5.71. The molecule has 8 heteroatoms. The molecule has 0 saturated heterocycles. The molecule has 0 radical (unpaired) electrons. The number of nitrogens with one attached hydrogen (secondary N) is 1. The van der Waals surface area contributed by atoms with Crippen molar-refractivity contribution in [3.05, 3.63) is 47.8 Å². The predicted octanol–water partition coefficient (Wildman–Crippen LogP) is 3.81. The van der Waals surface area contributed by atoms with E-state index in [1.807, 2.05) is 6.07 Å². The van der Waals surface area contributed by atoms with Gasteiger partial charge >= 0.3 is 0 Å². The zero-order valence-corrected chi connectivity index (χ0v) is 14.1. The monoisotopic (exact) mass is 350 g/mol. The van der Waals surface area contributed by atoms with Crippen LogP contribution < -0.4 is 10.6 Å². The number of pyridine rings is 1. The summed E-state index contributed by atoms with van der Waals surface area (Å²) in [5.74, 6) is -0.711. The van der Waals surface area contributed by atoms with Crippen molar-refractivity contribution in [3.8, 4) is 0 Å². The van der Waals surface area contributed by atoms with Crippen LogP contribution in [-0.2, 0) is 4.57 Å². The second-order valence-corrected chi connectivity index (χ2v) is 8.83. The summed E-state index contributed by atoms with van der Waals surface area (Å²) in [6, 6.07) is 7.09. The summed E-state index contributed by atoms with van der Waals surface area (Å²) < 4.78 is 26.6. The third-order valence-electron chi connectivity index (χ3n) is 3.26. The van der Waals surface area contributed by atoms with Gasteiger partial charge in [-0.2, -0.15) is 4.98 Å². The van der Waals surface area contributed by atoms with Crippen LogP contribution in [0, 0.1) is 5.82 Å². The maximum absolute atomic E-state index is 13.9. The Hall–Kier alpha value is -2.04. The normalized spacial score (nSPS) is 11.7. The van der Waals surface area contributed by atoms with E-state index >= 15 is 0 Å². The van der Waals surface area contributed by atoms with E-state index in [4.69, 9.17) is 11.6 Å². The molecule has 0 fully saturated rings. The summed E-state index contributed by atoms with van der Waals surface area (Å²) in [6.45, 7) is 3.31. The number of hydrogen-bond donors (Lipinski definition) is 1. The van der Waals surface area contributed by atoms with Gasteiger partial charge in [-0.1, -0.05) is 6.07 Å². The van der Waals surface area contributed by atoms with Crippen molar-refractivity contribution in [2.75, 3.05) is 18.6 Å². The number of hydrogen-bond acceptors (Lipinski definition) is 5. The lowest BCUT2D eigenvalue weighted by Gasteiger charge is -2.17. The van der Waals surface area contributed by atoms with Crippen LogP contribution in [0.2, 0.25) is 5.28 Å². The maximum Gasteiger partial charge on any atom is 0.224 e. The first-order valence-corrected chi connectivity index (χ1v) is 9.72. The number of anilines is 2. The van der Waals surface area contributed by atoms with Gasteiger partial charge in [-0.05, 0) is 43.1 Å². The topological polar surface area (TPSA) is 67.8 Å². The van der Waals surface area contributed by atoms with Crippen LogP contribution in [0.4, 0.5) is 15.9 Å². The number of fused-ring (bicyclic) bond motifs is 1. The highest BCUT2D eigenvalue weighted by molar-refractivity contribution is 7.71. The van der Waals surface area contributed by atoms with Gasteiger partial charge in [0, 0.05) is 16.9 Å². The lowest BCUT2D eigenvalue weighted by Crippen LogP contribution is -2.13. The van der Waals surface area contributed by atoms with Gasteiger partial charge in [0.1, 0.15) is 7.14 Å². The van der Waals surface area contributed by atoms with E-state index in [-0.39, 0.29) is 11.1 Å². The van der Waals surface area contributed by atoms with Crippen LogP contribution in [0.15, 0.2) is 36.7 Å². The molecule has 0 amide bonds. The number of rotatable bonds is 3. The van der Waals surface area contributed by atoms with Crippen molar-refractivity contribution in [2.45, 2.75) is 0 Å². The van der Waals surface area contributed by atoms with E-state index in [1.54, 1.807) is 37.7 Å². The molecule has 3 rings (SSSR count). The molecule has 1 aromatic carbocycles. The van der Waals surface area contributed by atoms with Gasteiger partial charge in [-0.25, -0.2) is 9.37 Å². The number of benzene rings is 1. The number of nitrogens with zero attached hydrogens (tertiary/aromatic N) is 3. The van der Waals surface area contributed by atoms with Crippen molar-refractivity contribution >= 4 is 46.5 Å². The minimum absolute atomic E-state index is 0.0667. The lowest BCUT2D eigenvalue weighted by atomic mass is 10.2. The Balaban J connectivity index is 2.21. The molecule has 23 heavy (non-hydrogen) atoms. The quantitative estimate of drug-likeness (QED) is 0.574. The van der Waals surface area contributed by atoms with E-state index in [2.05, 4.69) is 20.3 Å². The average molecular weight is 351 g/mol. The molecule has 5 nitrogen and oxygen atoms in total. The number of aromatic nitrogens is 3. The van der Waals surface area contributed by atoms with Gasteiger partial charge in [0.15, 0.2) is 11.6 Å². The molecule has 0 bridgehead atoms. The second kappa shape index (κ2) is 5.87. The zero-order valence-electron chi connectivity index (χ0n) is 12.4. The fraction of sp³-hybridized carbons (Fsp3) is 0.133. The lowest BCUT2D eigenvalue weighted by molar-refractivity contribution is 0.588. The highest BCUT2D eigenvalue weighted by Gasteiger charge is 2.21. The van der Waals surface area contributed by atoms with E-state index in [0.29, 0.717) is 11.0 Å². The Morgan fingerprint density at radius 3 is 2.74 bits per heavy atom. The third-order valence-corrected chi connectivity index (χ3v) is 5.00. The minimum atomic E-state index is -2.67. The highest BCUT2D eigenvalue weighted by atomic mass is 35.5. The largest absolute Gasteiger partial charge is 0.337 e. The van der Waals surface area contributed by atoms with E-state index in [0.717, 1.165) is 17.1 Å². The smallest absolute Gasteiger partial charge is 0.224 e. The molecule has 0 spiro atoms. The number of halogens is 2. The SMILES string of the molecule is CP(C)(=O)c1c(Nc2nc(Cl)ncc2F)ccc2ncccc12. The van der Waals surface area contributed by atoms with E-state index < -0.39 is 13.0 Å². The van der Waals surface area contributed by atoms with Gasteiger partial charge in [0.05, 0.1) is 17.4 Å². The van der Waals surface area contributed by atoms with Crippen molar-refractivity contribution < 1.29 is 8.96 Å². The molecule has 0 saturated carbocycles. The second-order valence-electron chi connectivity index (χ2n) is 5.34. The van der Waals surface area contributed by atoms with Crippen LogP contribution in [-0.4, -0.2) is 28.3 Å². The first kappa shape index (κ1) is 15.8. The molecule has 0 aliphatic carbocycles. The predicted molar refractivity (Wildman–Crippen MR) is 91.1 cm³/mol. The summed E-state index contributed by atoms with van der Waals surface area (Å²) in [7, 11) is -2.67. The fourth-order valence-electron chi connectivity index (χ4n) is 2.38. The molecule has 2 aromatic heterocycles. The minimum Gasteiger partial charge on any atom is -0.337 e. The van der Waals surface area contributed by atoms with Crippen LogP contribution in [0.1, 0.15) is 0 Å². The molecule has 0 atom stereocenters. The molecule has 118 valence electrons. The average Bonchev–Trinajstić information content (AvgIpc) is 2.49. The highest BCUT2D eigenvalue weighted by Crippen LogP contribution is 2.41. The van der Waals surface area contributed by atoms with Crippen molar-refractivity contribution in [2.24, 2.45) is 0 Å². The van der Waals surface area contributed by atoms with Crippen LogP contribution in [0.5, 0.6) is 0 Å². The molecule has 2 heterocycles. The van der Waals surface area contributed by atoms with Crippen molar-refractivity contribution in [1.29, 1.82) is 0 Å². The Labute approximate surface area is 137 Å². The van der Waals surface area contributed by atoms with Gasteiger partial charge in [0.2, 0.25) is 5.28 Å². The van der Waals surface area contributed by atoms with Crippen LogP contribution >= 0.6 is 18.7 Å². The standard InChI is InChI=1S/C15H13ClFN4OP/c1-23(2,22)13-9-4-3-7-18-11(9)5-6-12(13)20-14-10(17)8-19-15(16)21-14/h3-8H,1-2H3,(H,19,20,21). The molecule has 1 N–H and O–H groups in total. The van der Waals surface area contributed by atoms with Gasteiger partial charge in [0.25, 0.3) is 0 Å². The Morgan fingerprint density at radius 1 is 1.22 bits per heavy atom. The first-order chi connectivity index (χ1) is 10.9. The van der Waals surface area contributed by atoms with E-state index in [1.165, 1.54) is 0 Å². The summed E-state index contributed by atoms with van der Waals surface area (Å²) in [5.41, 5.74) is 1.23. The molecule has 3 aromatic rings. The van der Waals surface area contributed by atoms with Crippen molar-refractivity contribution in [1.82, 2.24) is 15.0 Å². The Morgan fingerprint density at radius 2 is 2.00 bits per heavy atom. The summed E-state index contributed by atoms with van der Waals surface area (Å²) in [6.07, 6.45) is 2.65. The van der Waals surface area contributed by atoms with Crippen LogP contribution in [0.3, 0.4) is 0 Å². The van der Waals surface area contributed by atoms with Gasteiger partial charge < -0.3 is 9.88 Å². The molecule has 0 aliphatic rings. The van der Waals surface area contributed by atoms with Crippen LogP contribution in [0.25, 0.3) is 10.9 Å².